The van der Waals surface area contributed by atoms with Crippen molar-refractivity contribution in [3.05, 3.63) is 59.9 Å². The molecule has 0 aliphatic carbocycles. The van der Waals surface area contributed by atoms with Gasteiger partial charge in [-0.05, 0) is 42.3 Å². The maximum atomic E-state index is 13.6. The summed E-state index contributed by atoms with van der Waals surface area (Å²) in [6.45, 7) is 0.446. The van der Waals surface area contributed by atoms with Gasteiger partial charge in [-0.3, -0.25) is 4.79 Å². The number of nitrogens with zero attached hydrogens (tertiary/aromatic N) is 1. The van der Waals surface area contributed by atoms with Crippen LogP contribution in [0.3, 0.4) is 0 Å². The highest BCUT2D eigenvalue weighted by Crippen LogP contribution is 2.36. The van der Waals surface area contributed by atoms with E-state index in [0.29, 0.717) is 6.54 Å². The van der Waals surface area contributed by atoms with E-state index in [9.17, 15) is 14.0 Å². The average molecular weight is 385 g/mol. The number of halogens is 1. The summed E-state index contributed by atoms with van der Waals surface area (Å²) < 4.78 is 13.6. The van der Waals surface area contributed by atoms with E-state index >= 15 is 0 Å². The van der Waals surface area contributed by atoms with Crippen molar-refractivity contribution >= 4 is 29.4 Å². The molecule has 0 bridgehead atoms. The van der Waals surface area contributed by atoms with Crippen molar-refractivity contribution < 1.29 is 14.0 Å². The fraction of sp³-hybridized carbons (Fsp3) is 0.300. The first-order chi connectivity index (χ1) is 13.1. The SMILES string of the molecule is O=C(NC1CC(=O)N(c2ccccc2)C1)NC1CCSc2ccc(F)cc21. The van der Waals surface area contributed by atoms with Crippen LogP contribution in [0, 0.1) is 5.82 Å². The van der Waals surface area contributed by atoms with Gasteiger partial charge in [-0.25, -0.2) is 9.18 Å². The largest absolute Gasteiger partial charge is 0.333 e. The van der Waals surface area contributed by atoms with Crippen LogP contribution < -0.4 is 15.5 Å². The molecule has 2 N–H and O–H groups in total. The highest BCUT2D eigenvalue weighted by Gasteiger charge is 2.32. The normalized spacial score (nSPS) is 21.7. The predicted octanol–water partition coefficient (Wildman–Crippen LogP) is 3.47. The van der Waals surface area contributed by atoms with E-state index in [1.807, 2.05) is 30.3 Å². The van der Waals surface area contributed by atoms with Crippen LogP contribution in [-0.4, -0.2) is 30.3 Å². The number of hydrogen-bond acceptors (Lipinski definition) is 3. The number of amides is 3. The lowest BCUT2D eigenvalue weighted by Crippen LogP contribution is -2.45. The Balaban J connectivity index is 1.38. The van der Waals surface area contributed by atoms with Gasteiger partial charge in [0, 0.05) is 29.3 Å². The zero-order valence-corrected chi connectivity index (χ0v) is 15.5. The summed E-state index contributed by atoms with van der Waals surface area (Å²) in [5.74, 6) is 0.559. The number of benzene rings is 2. The van der Waals surface area contributed by atoms with Crippen molar-refractivity contribution in [1.82, 2.24) is 10.6 Å². The first-order valence-corrected chi connectivity index (χ1v) is 9.93. The van der Waals surface area contributed by atoms with Crippen molar-refractivity contribution in [3.63, 3.8) is 0 Å². The lowest BCUT2D eigenvalue weighted by Gasteiger charge is -2.26. The van der Waals surface area contributed by atoms with Crippen LogP contribution in [0.5, 0.6) is 0 Å². The summed E-state index contributed by atoms with van der Waals surface area (Å²) in [5, 5.41) is 5.83. The van der Waals surface area contributed by atoms with Gasteiger partial charge in [0.15, 0.2) is 0 Å². The van der Waals surface area contributed by atoms with Crippen LogP contribution in [0.2, 0.25) is 0 Å². The molecule has 7 heteroatoms. The van der Waals surface area contributed by atoms with Crippen molar-refractivity contribution in [1.29, 1.82) is 0 Å². The zero-order chi connectivity index (χ0) is 18.8. The Morgan fingerprint density at radius 1 is 1.15 bits per heavy atom. The quantitative estimate of drug-likeness (QED) is 0.851. The standard InChI is InChI=1S/C20H20FN3O2S/c21-13-6-7-18-16(10-13)17(8-9-27-18)23-20(26)22-14-11-19(25)24(12-14)15-4-2-1-3-5-15/h1-7,10,14,17H,8-9,11-12H2,(H2,22,23,26). The highest BCUT2D eigenvalue weighted by atomic mass is 32.2. The first kappa shape index (κ1) is 17.9. The molecular weight excluding hydrogens is 365 g/mol. The molecule has 2 aromatic carbocycles. The van der Waals surface area contributed by atoms with Crippen molar-refractivity contribution in [2.45, 2.75) is 29.8 Å². The molecule has 2 aromatic rings. The van der Waals surface area contributed by atoms with Gasteiger partial charge in [-0.1, -0.05) is 18.2 Å². The molecule has 0 spiro atoms. The number of carbonyl (C=O) groups excluding carboxylic acids is 2. The molecule has 1 saturated heterocycles. The van der Waals surface area contributed by atoms with Gasteiger partial charge in [-0.15, -0.1) is 11.8 Å². The van der Waals surface area contributed by atoms with E-state index in [-0.39, 0.29) is 36.3 Å². The highest BCUT2D eigenvalue weighted by molar-refractivity contribution is 7.99. The molecule has 0 aromatic heterocycles. The van der Waals surface area contributed by atoms with Gasteiger partial charge in [-0.2, -0.15) is 0 Å². The third kappa shape index (κ3) is 3.93. The third-order valence-electron chi connectivity index (χ3n) is 4.84. The minimum absolute atomic E-state index is 0.00650. The number of fused-ring (bicyclic) bond motifs is 1. The van der Waals surface area contributed by atoms with Crippen molar-refractivity contribution in [2.75, 3.05) is 17.2 Å². The average Bonchev–Trinajstić information content (AvgIpc) is 3.03. The molecule has 2 atom stereocenters. The van der Waals surface area contributed by atoms with Crippen LogP contribution >= 0.6 is 11.8 Å². The van der Waals surface area contributed by atoms with Gasteiger partial charge in [0.25, 0.3) is 0 Å². The number of rotatable bonds is 3. The van der Waals surface area contributed by atoms with E-state index < -0.39 is 0 Å². The minimum Gasteiger partial charge on any atom is -0.333 e. The number of urea groups is 1. The van der Waals surface area contributed by atoms with E-state index in [4.69, 9.17) is 0 Å². The van der Waals surface area contributed by atoms with Crippen molar-refractivity contribution in [3.8, 4) is 0 Å². The lowest BCUT2D eigenvalue weighted by atomic mass is 10.0. The summed E-state index contributed by atoms with van der Waals surface area (Å²) in [4.78, 5) is 27.4. The molecule has 1 fully saturated rings. The van der Waals surface area contributed by atoms with Gasteiger partial charge in [0.2, 0.25) is 5.91 Å². The van der Waals surface area contributed by atoms with Crippen LogP contribution in [0.25, 0.3) is 0 Å². The fourth-order valence-corrected chi connectivity index (χ4v) is 4.67. The van der Waals surface area contributed by atoms with E-state index in [0.717, 1.165) is 28.3 Å². The Labute approximate surface area is 161 Å². The maximum absolute atomic E-state index is 13.6. The number of nitrogens with one attached hydrogen (secondary N) is 2. The smallest absolute Gasteiger partial charge is 0.315 e. The Morgan fingerprint density at radius 2 is 1.96 bits per heavy atom. The molecule has 5 nitrogen and oxygen atoms in total. The minimum atomic E-state index is -0.324. The third-order valence-corrected chi connectivity index (χ3v) is 5.97. The number of carbonyl (C=O) groups is 2. The number of thioether (sulfide) groups is 1. The molecule has 2 unspecified atom stereocenters. The summed E-state index contributed by atoms with van der Waals surface area (Å²) in [7, 11) is 0. The van der Waals surface area contributed by atoms with Crippen LogP contribution in [0.15, 0.2) is 53.4 Å². The Hall–Kier alpha value is -2.54. The summed E-state index contributed by atoms with van der Waals surface area (Å²) >= 11 is 1.67. The summed E-state index contributed by atoms with van der Waals surface area (Å²) in [6, 6.07) is 13.3. The molecule has 0 radical (unpaired) electrons. The molecule has 2 aliphatic rings. The second-order valence-electron chi connectivity index (χ2n) is 6.73. The molecular formula is C20H20FN3O2S. The van der Waals surface area contributed by atoms with Gasteiger partial charge in [0.1, 0.15) is 5.82 Å². The maximum Gasteiger partial charge on any atom is 0.315 e. The monoisotopic (exact) mass is 385 g/mol. The molecule has 4 rings (SSSR count). The molecule has 2 aliphatic heterocycles. The second-order valence-corrected chi connectivity index (χ2v) is 7.87. The fourth-order valence-electron chi connectivity index (χ4n) is 3.56. The first-order valence-electron chi connectivity index (χ1n) is 8.95. The van der Waals surface area contributed by atoms with Crippen LogP contribution in [0.4, 0.5) is 14.9 Å². The Kier molecular flexibility index (Phi) is 5.03. The Morgan fingerprint density at radius 3 is 2.78 bits per heavy atom. The topological polar surface area (TPSA) is 61.4 Å². The molecule has 0 saturated carbocycles. The van der Waals surface area contributed by atoms with Crippen molar-refractivity contribution in [2.24, 2.45) is 0 Å². The van der Waals surface area contributed by atoms with Crippen LogP contribution in [0.1, 0.15) is 24.4 Å². The lowest BCUT2D eigenvalue weighted by molar-refractivity contribution is -0.117. The van der Waals surface area contributed by atoms with E-state index in [2.05, 4.69) is 10.6 Å². The number of hydrogen-bond donors (Lipinski definition) is 2. The van der Waals surface area contributed by atoms with E-state index in [1.54, 1.807) is 22.7 Å². The number of para-hydroxylation sites is 1. The summed E-state index contributed by atoms with van der Waals surface area (Å²) in [5.41, 5.74) is 1.65. The predicted molar refractivity (Wildman–Crippen MR) is 103 cm³/mol. The van der Waals surface area contributed by atoms with E-state index in [1.165, 1.54) is 12.1 Å². The van der Waals surface area contributed by atoms with Crippen LogP contribution in [-0.2, 0) is 4.79 Å². The molecule has 3 amide bonds. The molecule has 140 valence electrons. The second kappa shape index (κ2) is 7.60. The Bertz CT molecular complexity index is 862. The summed E-state index contributed by atoms with van der Waals surface area (Å²) in [6.07, 6.45) is 1.02. The van der Waals surface area contributed by atoms with Gasteiger partial charge >= 0.3 is 6.03 Å². The molecule has 27 heavy (non-hydrogen) atoms. The molecule has 2 heterocycles. The zero-order valence-electron chi connectivity index (χ0n) is 14.7. The van der Waals surface area contributed by atoms with Gasteiger partial charge < -0.3 is 15.5 Å². The van der Waals surface area contributed by atoms with Gasteiger partial charge in [0.05, 0.1) is 12.1 Å². The number of anilines is 1.